The van der Waals surface area contributed by atoms with Gasteiger partial charge in [-0.2, -0.15) is 0 Å². The van der Waals surface area contributed by atoms with Crippen LogP contribution in [0.25, 0.3) is 0 Å². The first-order valence-electron chi connectivity index (χ1n) is 33.4. The summed E-state index contributed by atoms with van der Waals surface area (Å²) in [6.07, 6.45) is 91.1. The molecular weight excluding hydrogens is 973 g/mol. The smallest absolute Gasteiger partial charge is 0.306 e. The molecule has 0 aromatic heterocycles. The van der Waals surface area contributed by atoms with E-state index in [0.717, 1.165) is 122 Å². The van der Waals surface area contributed by atoms with E-state index in [0.29, 0.717) is 19.3 Å². The molecule has 0 heterocycles. The van der Waals surface area contributed by atoms with Crippen molar-refractivity contribution < 1.29 is 28.6 Å². The summed E-state index contributed by atoms with van der Waals surface area (Å²) in [5.74, 6) is -0.918. The normalized spacial score (nSPS) is 12.8. The van der Waals surface area contributed by atoms with Crippen LogP contribution in [-0.4, -0.2) is 37.2 Å². The second-order valence-corrected chi connectivity index (χ2v) is 22.0. The highest BCUT2D eigenvalue weighted by atomic mass is 16.6. The molecule has 452 valence electrons. The quantitative estimate of drug-likeness (QED) is 0.0261. The van der Waals surface area contributed by atoms with Crippen molar-refractivity contribution in [2.75, 3.05) is 13.2 Å². The fourth-order valence-corrected chi connectivity index (χ4v) is 9.30. The van der Waals surface area contributed by atoms with Crippen molar-refractivity contribution in [3.05, 3.63) is 109 Å². The van der Waals surface area contributed by atoms with Gasteiger partial charge in [-0.25, -0.2) is 0 Å². The minimum atomic E-state index is -0.796. The molecule has 79 heavy (non-hydrogen) atoms. The number of hydrogen-bond acceptors (Lipinski definition) is 6. The van der Waals surface area contributed by atoms with Crippen molar-refractivity contribution in [3.63, 3.8) is 0 Å². The number of hydrogen-bond donors (Lipinski definition) is 0. The van der Waals surface area contributed by atoms with Crippen molar-refractivity contribution in [2.45, 2.75) is 322 Å². The van der Waals surface area contributed by atoms with Crippen LogP contribution in [-0.2, 0) is 28.6 Å². The maximum absolute atomic E-state index is 12.9. The predicted octanol–water partition coefficient (Wildman–Crippen LogP) is 23.0. The van der Waals surface area contributed by atoms with Gasteiger partial charge in [0.05, 0.1) is 0 Å². The number of carbonyl (C=O) groups is 3. The molecule has 0 radical (unpaired) electrons. The van der Waals surface area contributed by atoms with Crippen LogP contribution in [0, 0.1) is 0 Å². The molecule has 0 N–H and O–H groups in total. The van der Waals surface area contributed by atoms with E-state index < -0.39 is 6.10 Å². The number of allylic oxidation sites excluding steroid dienone is 18. The van der Waals surface area contributed by atoms with Gasteiger partial charge in [0.2, 0.25) is 0 Å². The first-order valence-corrected chi connectivity index (χ1v) is 33.4. The average Bonchev–Trinajstić information content (AvgIpc) is 3.45. The molecular formula is C73H124O6. The van der Waals surface area contributed by atoms with Gasteiger partial charge in [-0.05, 0) is 122 Å². The number of esters is 3. The molecule has 0 bridgehead atoms. The molecule has 1 atom stereocenters. The average molecular weight is 1100 g/mol. The Morgan fingerprint density at radius 1 is 0.266 bits per heavy atom. The first kappa shape index (κ1) is 75.1. The molecule has 0 spiro atoms. The highest BCUT2D eigenvalue weighted by molar-refractivity contribution is 5.71. The van der Waals surface area contributed by atoms with Gasteiger partial charge >= 0.3 is 17.9 Å². The van der Waals surface area contributed by atoms with E-state index in [1.807, 2.05) is 0 Å². The fourth-order valence-electron chi connectivity index (χ4n) is 9.30. The van der Waals surface area contributed by atoms with Gasteiger partial charge < -0.3 is 14.2 Å². The van der Waals surface area contributed by atoms with Crippen molar-refractivity contribution in [2.24, 2.45) is 0 Å². The number of carbonyl (C=O) groups excluding carboxylic acids is 3. The number of rotatable bonds is 60. The molecule has 0 aliphatic rings. The zero-order valence-corrected chi connectivity index (χ0v) is 51.9. The van der Waals surface area contributed by atoms with E-state index in [4.69, 9.17) is 14.2 Å². The van der Waals surface area contributed by atoms with Crippen molar-refractivity contribution in [1.29, 1.82) is 0 Å². The Hall–Kier alpha value is -3.93. The molecule has 0 rings (SSSR count). The summed E-state index contributed by atoms with van der Waals surface area (Å²) in [4.78, 5) is 38.4. The van der Waals surface area contributed by atoms with Gasteiger partial charge in [-0.15, -0.1) is 0 Å². The Morgan fingerprint density at radius 2 is 0.494 bits per heavy atom. The summed E-state index contributed by atoms with van der Waals surface area (Å²) in [5, 5.41) is 0. The molecule has 0 aromatic rings. The standard InChI is InChI=1S/C73H124O6/c1-4-7-10-13-16-19-22-25-27-29-31-33-35-36-38-39-41-43-45-48-51-54-57-60-63-66-72(75)78-69-70(68-77-71(74)65-62-59-56-53-50-47-24-21-18-15-12-9-6-3)79-73(76)67-64-61-58-55-52-49-46-44-42-40-37-34-32-30-28-26-23-20-17-14-11-8-5-2/h7,9-10,12,16,18-19,21,25,27,30-33,36,38,47,50,70H,4-6,8,11,13-15,17,20,22-24,26,28-29,34-35,37,39-46,48-49,51-69H2,1-3H3/b10-7-,12-9-,19-16-,21-18-,27-25-,32-30-,33-31-,38-36-,50-47-. The largest absolute Gasteiger partial charge is 0.462 e. The van der Waals surface area contributed by atoms with Crippen LogP contribution >= 0.6 is 0 Å². The van der Waals surface area contributed by atoms with Crippen molar-refractivity contribution >= 4 is 17.9 Å². The lowest BCUT2D eigenvalue weighted by atomic mass is 10.0. The second-order valence-electron chi connectivity index (χ2n) is 22.0. The molecule has 0 aromatic carbocycles. The highest BCUT2D eigenvalue weighted by Gasteiger charge is 2.19. The van der Waals surface area contributed by atoms with E-state index in [2.05, 4.69) is 130 Å². The van der Waals surface area contributed by atoms with Gasteiger partial charge in [0.25, 0.3) is 0 Å². The lowest BCUT2D eigenvalue weighted by Crippen LogP contribution is -2.30. The van der Waals surface area contributed by atoms with Gasteiger partial charge in [-0.3, -0.25) is 14.4 Å². The molecule has 0 saturated heterocycles. The maximum atomic E-state index is 12.9. The Morgan fingerprint density at radius 3 is 0.797 bits per heavy atom. The third-order valence-corrected chi connectivity index (χ3v) is 14.2. The molecule has 0 fully saturated rings. The number of unbranched alkanes of at least 4 members (excludes halogenated alkanes) is 31. The van der Waals surface area contributed by atoms with E-state index in [-0.39, 0.29) is 31.1 Å². The molecule has 0 amide bonds. The van der Waals surface area contributed by atoms with Crippen LogP contribution in [0.1, 0.15) is 316 Å². The molecule has 0 saturated carbocycles. The van der Waals surface area contributed by atoms with Gasteiger partial charge in [0.1, 0.15) is 13.2 Å². The molecule has 6 nitrogen and oxygen atoms in total. The molecule has 6 heteroatoms. The van der Waals surface area contributed by atoms with Crippen molar-refractivity contribution in [1.82, 2.24) is 0 Å². The SMILES string of the molecule is CC/C=C\C/C=C\C/C=C\C/C=C\C/C=C\CCCCCCCCCCCC(=O)OCC(COC(=O)CCCCC/C=C\C/C=C\C/C=C\CC)OC(=O)CCCCCCCCCCCCC/C=C\CCCCCCCCCC. The lowest BCUT2D eigenvalue weighted by molar-refractivity contribution is -0.167. The van der Waals surface area contributed by atoms with Crippen LogP contribution in [0.2, 0.25) is 0 Å². The minimum absolute atomic E-state index is 0.0909. The third kappa shape index (κ3) is 64.8. The van der Waals surface area contributed by atoms with Crippen LogP contribution in [0.3, 0.4) is 0 Å². The van der Waals surface area contributed by atoms with Crippen LogP contribution in [0.5, 0.6) is 0 Å². The summed E-state index contributed by atoms with van der Waals surface area (Å²) < 4.78 is 16.9. The second kappa shape index (κ2) is 66.6. The van der Waals surface area contributed by atoms with E-state index >= 15 is 0 Å². The summed E-state index contributed by atoms with van der Waals surface area (Å²) in [6, 6.07) is 0. The summed E-state index contributed by atoms with van der Waals surface area (Å²) >= 11 is 0. The Labute approximate surface area is 489 Å². The van der Waals surface area contributed by atoms with Crippen LogP contribution < -0.4 is 0 Å². The zero-order chi connectivity index (χ0) is 57.1. The minimum Gasteiger partial charge on any atom is -0.462 e. The first-order chi connectivity index (χ1) is 39.0. The lowest BCUT2D eigenvalue weighted by Gasteiger charge is -2.18. The maximum Gasteiger partial charge on any atom is 0.306 e. The summed E-state index contributed by atoms with van der Waals surface area (Å²) in [5.41, 5.74) is 0. The summed E-state index contributed by atoms with van der Waals surface area (Å²) in [7, 11) is 0. The predicted molar refractivity (Wildman–Crippen MR) is 343 cm³/mol. The molecule has 1 unspecified atom stereocenters. The Balaban J connectivity index is 4.34. The van der Waals surface area contributed by atoms with Gasteiger partial charge in [0.15, 0.2) is 6.10 Å². The Kier molecular flexibility index (Phi) is 63.3. The van der Waals surface area contributed by atoms with E-state index in [1.165, 1.54) is 154 Å². The van der Waals surface area contributed by atoms with Crippen molar-refractivity contribution in [3.8, 4) is 0 Å². The molecule has 0 aliphatic carbocycles. The highest BCUT2D eigenvalue weighted by Crippen LogP contribution is 2.16. The molecule has 0 aliphatic heterocycles. The van der Waals surface area contributed by atoms with Gasteiger partial charge in [-0.1, -0.05) is 284 Å². The zero-order valence-electron chi connectivity index (χ0n) is 51.9. The topological polar surface area (TPSA) is 78.9 Å². The number of ether oxygens (including phenoxy) is 3. The van der Waals surface area contributed by atoms with Gasteiger partial charge in [0, 0.05) is 19.3 Å². The Bertz CT molecular complexity index is 1590. The van der Waals surface area contributed by atoms with Crippen LogP contribution in [0.4, 0.5) is 0 Å². The fraction of sp³-hybridized carbons (Fsp3) is 0.712. The van der Waals surface area contributed by atoms with Crippen LogP contribution in [0.15, 0.2) is 109 Å². The monoisotopic (exact) mass is 1100 g/mol. The third-order valence-electron chi connectivity index (χ3n) is 14.2. The van der Waals surface area contributed by atoms with E-state index in [1.54, 1.807) is 0 Å². The van der Waals surface area contributed by atoms with E-state index in [9.17, 15) is 14.4 Å². The summed E-state index contributed by atoms with van der Waals surface area (Å²) in [6.45, 7) is 6.41.